The molecule has 2 aromatic rings. The second kappa shape index (κ2) is 8.95. The van der Waals surface area contributed by atoms with Crippen LogP contribution in [0.5, 0.6) is 0 Å². The zero-order chi connectivity index (χ0) is 21.0. The summed E-state index contributed by atoms with van der Waals surface area (Å²) < 4.78 is 5.57. The van der Waals surface area contributed by atoms with E-state index in [-0.39, 0.29) is 12.1 Å². The van der Waals surface area contributed by atoms with Crippen molar-refractivity contribution in [3.63, 3.8) is 0 Å². The molecule has 0 saturated carbocycles. The van der Waals surface area contributed by atoms with Crippen molar-refractivity contribution in [3.05, 3.63) is 59.8 Å². The molecule has 5 heteroatoms. The lowest BCUT2D eigenvalue weighted by Gasteiger charge is -2.30. The van der Waals surface area contributed by atoms with Gasteiger partial charge in [0.2, 0.25) is 0 Å². The van der Waals surface area contributed by atoms with Crippen LogP contribution in [0.25, 0.3) is 0 Å². The molecule has 1 amide bonds. The first-order valence-electron chi connectivity index (χ1n) is 10.5. The quantitative estimate of drug-likeness (QED) is 0.664. The molecule has 1 aliphatic heterocycles. The fraction of sp³-hybridized carbons (Fsp3) is 0.500. The number of pyridine rings is 1. The third-order valence-electron chi connectivity index (χ3n) is 5.10. The normalized spacial score (nSPS) is 17.5. The molecule has 2 heterocycles. The molecular weight excluding hydrogens is 362 g/mol. The number of nitrogens with zero attached hydrogens (tertiary/aromatic N) is 3. The maximum atomic E-state index is 12.7. The summed E-state index contributed by atoms with van der Waals surface area (Å²) in [6.07, 6.45) is 3.88. The van der Waals surface area contributed by atoms with E-state index in [1.807, 2.05) is 46.9 Å². The Labute approximate surface area is 174 Å². The standard InChI is InChI=1S/C24H33N3O2/c1-18(2)27(23(28)29-24(3,4)5)22-14-13-20(16-25-22)21-12-9-15-26(21)17-19-10-7-6-8-11-19/h6-8,10-11,13-14,16,18,21H,9,12,15,17H2,1-5H3/t21-/m1/s1. The van der Waals surface area contributed by atoms with Crippen LogP contribution in [-0.4, -0.2) is 34.2 Å². The number of aromatic nitrogens is 1. The second-order valence-electron chi connectivity index (χ2n) is 9.01. The summed E-state index contributed by atoms with van der Waals surface area (Å²) in [7, 11) is 0. The van der Waals surface area contributed by atoms with Gasteiger partial charge in [0.15, 0.2) is 0 Å². The Morgan fingerprint density at radius 3 is 2.52 bits per heavy atom. The molecule has 0 unspecified atom stereocenters. The molecule has 0 bridgehead atoms. The lowest BCUT2D eigenvalue weighted by molar-refractivity contribution is 0.0569. The third-order valence-corrected chi connectivity index (χ3v) is 5.10. The predicted octanol–water partition coefficient (Wildman–Crippen LogP) is 5.57. The molecule has 0 aliphatic carbocycles. The van der Waals surface area contributed by atoms with Crippen LogP contribution in [0.3, 0.4) is 0 Å². The van der Waals surface area contributed by atoms with E-state index in [9.17, 15) is 4.79 Å². The van der Waals surface area contributed by atoms with Crippen LogP contribution in [0, 0.1) is 0 Å². The molecule has 0 radical (unpaired) electrons. The summed E-state index contributed by atoms with van der Waals surface area (Å²) in [6, 6.07) is 15.0. The predicted molar refractivity (Wildman–Crippen MR) is 117 cm³/mol. The Balaban J connectivity index is 1.75. The number of carbonyl (C=O) groups excluding carboxylic acids is 1. The summed E-state index contributed by atoms with van der Waals surface area (Å²) in [5.41, 5.74) is 2.00. The number of hydrogen-bond acceptors (Lipinski definition) is 4. The maximum Gasteiger partial charge on any atom is 0.416 e. The van der Waals surface area contributed by atoms with E-state index in [0.717, 1.165) is 19.5 Å². The molecule has 0 spiro atoms. The van der Waals surface area contributed by atoms with Crippen molar-refractivity contribution in [2.24, 2.45) is 0 Å². The van der Waals surface area contributed by atoms with Gasteiger partial charge >= 0.3 is 6.09 Å². The van der Waals surface area contributed by atoms with Crippen LogP contribution in [0.4, 0.5) is 10.6 Å². The fourth-order valence-corrected chi connectivity index (χ4v) is 3.83. The Morgan fingerprint density at radius 1 is 1.21 bits per heavy atom. The van der Waals surface area contributed by atoms with Gasteiger partial charge < -0.3 is 4.74 Å². The van der Waals surface area contributed by atoms with Gasteiger partial charge in [-0.2, -0.15) is 0 Å². The van der Waals surface area contributed by atoms with Crippen LogP contribution in [0.15, 0.2) is 48.7 Å². The SMILES string of the molecule is CC(C)N(C(=O)OC(C)(C)C)c1ccc([C@H]2CCCN2Cc2ccccc2)cn1. The maximum absolute atomic E-state index is 12.7. The molecule has 0 N–H and O–H groups in total. The van der Waals surface area contributed by atoms with Gasteiger partial charge in [0.25, 0.3) is 0 Å². The monoisotopic (exact) mass is 395 g/mol. The van der Waals surface area contributed by atoms with Crippen molar-refractivity contribution >= 4 is 11.9 Å². The van der Waals surface area contributed by atoms with E-state index < -0.39 is 5.60 Å². The van der Waals surface area contributed by atoms with Crippen molar-refractivity contribution in [2.45, 2.75) is 71.7 Å². The zero-order valence-electron chi connectivity index (χ0n) is 18.3. The highest BCUT2D eigenvalue weighted by atomic mass is 16.6. The Kier molecular flexibility index (Phi) is 6.58. The van der Waals surface area contributed by atoms with E-state index in [4.69, 9.17) is 4.74 Å². The van der Waals surface area contributed by atoms with E-state index in [1.54, 1.807) is 4.90 Å². The number of anilines is 1. The van der Waals surface area contributed by atoms with Crippen molar-refractivity contribution in [2.75, 3.05) is 11.4 Å². The van der Waals surface area contributed by atoms with Gasteiger partial charge in [0.1, 0.15) is 11.4 Å². The van der Waals surface area contributed by atoms with Crippen molar-refractivity contribution in [1.29, 1.82) is 0 Å². The van der Waals surface area contributed by atoms with Crippen molar-refractivity contribution < 1.29 is 9.53 Å². The van der Waals surface area contributed by atoms with Crippen LogP contribution in [0.1, 0.15) is 64.6 Å². The Morgan fingerprint density at radius 2 is 1.93 bits per heavy atom. The lowest BCUT2D eigenvalue weighted by Crippen LogP contribution is -2.41. The number of hydrogen-bond donors (Lipinski definition) is 0. The van der Waals surface area contributed by atoms with Gasteiger partial charge in [-0.15, -0.1) is 0 Å². The number of rotatable bonds is 5. The molecule has 1 aliphatic rings. The molecule has 1 atom stereocenters. The number of amides is 1. The first-order chi connectivity index (χ1) is 13.7. The van der Waals surface area contributed by atoms with E-state index in [1.165, 1.54) is 17.5 Å². The summed E-state index contributed by atoms with van der Waals surface area (Å²) in [4.78, 5) is 21.4. The van der Waals surface area contributed by atoms with Gasteiger partial charge in [0.05, 0.1) is 0 Å². The number of ether oxygens (including phenoxy) is 1. The highest BCUT2D eigenvalue weighted by molar-refractivity contribution is 5.87. The zero-order valence-corrected chi connectivity index (χ0v) is 18.3. The molecule has 1 fully saturated rings. The average Bonchev–Trinajstić information content (AvgIpc) is 3.09. The van der Waals surface area contributed by atoms with Crippen LogP contribution >= 0.6 is 0 Å². The van der Waals surface area contributed by atoms with Crippen LogP contribution in [0.2, 0.25) is 0 Å². The molecule has 1 aromatic heterocycles. The average molecular weight is 396 g/mol. The van der Waals surface area contributed by atoms with Gasteiger partial charge in [-0.3, -0.25) is 9.80 Å². The minimum atomic E-state index is -0.536. The molecular formula is C24H33N3O2. The Bertz CT molecular complexity index is 797. The highest BCUT2D eigenvalue weighted by Gasteiger charge is 2.29. The van der Waals surface area contributed by atoms with E-state index in [0.29, 0.717) is 11.9 Å². The lowest BCUT2D eigenvalue weighted by atomic mass is 10.1. The fourth-order valence-electron chi connectivity index (χ4n) is 3.83. The number of benzene rings is 1. The van der Waals surface area contributed by atoms with Crippen LogP contribution in [-0.2, 0) is 11.3 Å². The first-order valence-corrected chi connectivity index (χ1v) is 10.5. The largest absolute Gasteiger partial charge is 0.443 e. The first kappa shape index (κ1) is 21.3. The van der Waals surface area contributed by atoms with Crippen molar-refractivity contribution in [3.8, 4) is 0 Å². The number of likely N-dealkylation sites (tertiary alicyclic amines) is 1. The van der Waals surface area contributed by atoms with E-state index in [2.05, 4.69) is 46.3 Å². The molecule has 5 nitrogen and oxygen atoms in total. The minimum Gasteiger partial charge on any atom is -0.443 e. The summed E-state index contributed by atoms with van der Waals surface area (Å²) >= 11 is 0. The summed E-state index contributed by atoms with van der Waals surface area (Å²) in [5, 5.41) is 0. The van der Waals surface area contributed by atoms with Gasteiger partial charge in [-0.1, -0.05) is 36.4 Å². The molecule has 3 rings (SSSR count). The summed E-state index contributed by atoms with van der Waals surface area (Å²) in [5.74, 6) is 0.630. The van der Waals surface area contributed by atoms with Gasteiger partial charge in [0, 0.05) is 24.8 Å². The molecule has 1 saturated heterocycles. The molecule has 29 heavy (non-hydrogen) atoms. The second-order valence-corrected chi connectivity index (χ2v) is 9.01. The Hall–Kier alpha value is -2.40. The minimum absolute atomic E-state index is 0.0377. The van der Waals surface area contributed by atoms with Crippen molar-refractivity contribution in [1.82, 2.24) is 9.88 Å². The van der Waals surface area contributed by atoms with E-state index >= 15 is 0 Å². The van der Waals surface area contributed by atoms with Gasteiger partial charge in [-0.25, -0.2) is 9.78 Å². The number of carbonyl (C=O) groups is 1. The van der Waals surface area contributed by atoms with Gasteiger partial charge in [-0.05, 0) is 71.2 Å². The molecule has 156 valence electrons. The highest BCUT2D eigenvalue weighted by Crippen LogP contribution is 2.33. The topological polar surface area (TPSA) is 45.7 Å². The molecule has 1 aromatic carbocycles. The smallest absolute Gasteiger partial charge is 0.416 e. The summed E-state index contributed by atoms with van der Waals surface area (Å²) in [6.45, 7) is 11.6. The van der Waals surface area contributed by atoms with Crippen LogP contribution < -0.4 is 4.90 Å². The third kappa shape index (κ3) is 5.57.